The fourth-order valence-electron chi connectivity index (χ4n) is 6.31. The van der Waals surface area contributed by atoms with Crippen molar-refractivity contribution in [2.45, 2.75) is 46.0 Å². The molecule has 13 heteroatoms. The number of carboxylic acids is 2. The van der Waals surface area contributed by atoms with Crippen molar-refractivity contribution in [2.75, 3.05) is 18.5 Å². The lowest BCUT2D eigenvalue weighted by molar-refractivity contribution is -0.148. The van der Waals surface area contributed by atoms with Gasteiger partial charge in [-0.05, 0) is 104 Å². The normalized spacial score (nSPS) is 17.8. The van der Waals surface area contributed by atoms with Gasteiger partial charge in [0.05, 0.1) is 36.7 Å². The molecule has 3 aromatic rings. The molecule has 276 valence electrons. The summed E-state index contributed by atoms with van der Waals surface area (Å²) in [4.78, 5) is 73.7. The number of Topliss-reactive ketones (excluding diaryl/α,β-unsaturated/α-hetero) is 1. The highest BCUT2D eigenvalue weighted by Crippen LogP contribution is 2.45. The third kappa shape index (κ3) is 11.4. The quantitative estimate of drug-likeness (QED) is 0.0668. The summed E-state index contributed by atoms with van der Waals surface area (Å²) in [6.07, 6.45) is 3.68. The Morgan fingerprint density at radius 1 is 0.925 bits per heavy atom. The van der Waals surface area contributed by atoms with E-state index in [0.717, 1.165) is 11.1 Å². The fraction of sp³-hybridized carbons (Fsp3) is 0.325. The van der Waals surface area contributed by atoms with Crippen LogP contribution in [0.1, 0.15) is 59.7 Å². The predicted molar refractivity (Wildman–Crippen MR) is 191 cm³/mol. The highest BCUT2D eigenvalue weighted by Gasteiger charge is 2.52. The van der Waals surface area contributed by atoms with Crippen molar-refractivity contribution in [1.29, 1.82) is 5.26 Å². The molecule has 1 aliphatic rings. The zero-order valence-corrected chi connectivity index (χ0v) is 29.3. The zero-order valence-electron chi connectivity index (χ0n) is 29.3. The summed E-state index contributed by atoms with van der Waals surface area (Å²) in [6, 6.07) is 20.2. The zero-order chi connectivity index (χ0) is 38.5. The molecule has 13 nitrogen and oxygen atoms in total. The number of hydrogen-bond donors (Lipinski definition) is 3. The highest BCUT2D eigenvalue weighted by atomic mass is 16.5. The molecule has 4 atom stereocenters. The number of ether oxygens (including phenoxy) is 3. The highest BCUT2D eigenvalue weighted by molar-refractivity contribution is 5.97. The van der Waals surface area contributed by atoms with Crippen molar-refractivity contribution in [3.05, 3.63) is 95.1 Å². The SMILES string of the molecule is CC(=O)C1CC(C(=O)Nc2ccc(CCOC(=O)/C=C/c3ccc(OC(=O)c4ccc(OCCCC#N)cc4)cc3)c(C)c2)C(C(=O)O)C1CC(=O)O. The first-order valence-electron chi connectivity index (χ1n) is 17.0. The van der Waals surface area contributed by atoms with Gasteiger partial charge < -0.3 is 29.7 Å². The van der Waals surface area contributed by atoms with Gasteiger partial charge in [0.1, 0.15) is 17.3 Å². The van der Waals surface area contributed by atoms with Crippen LogP contribution in [0.15, 0.2) is 72.8 Å². The van der Waals surface area contributed by atoms with Crippen molar-refractivity contribution in [3.8, 4) is 17.6 Å². The molecule has 4 rings (SSSR count). The molecule has 1 saturated carbocycles. The van der Waals surface area contributed by atoms with E-state index in [1.54, 1.807) is 72.8 Å². The Morgan fingerprint density at radius 2 is 1.62 bits per heavy atom. The minimum Gasteiger partial charge on any atom is -0.494 e. The number of carbonyl (C=O) groups excluding carboxylic acids is 4. The lowest BCUT2D eigenvalue weighted by Crippen LogP contribution is -2.34. The van der Waals surface area contributed by atoms with Gasteiger partial charge in [-0.2, -0.15) is 5.26 Å². The Kier molecular flexibility index (Phi) is 14.0. The van der Waals surface area contributed by atoms with Crippen LogP contribution in [0.3, 0.4) is 0 Å². The number of rotatable bonds is 17. The maximum Gasteiger partial charge on any atom is 0.343 e. The van der Waals surface area contributed by atoms with E-state index in [1.165, 1.54) is 13.0 Å². The van der Waals surface area contributed by atoms with Crippen molar-refractivity contribution in [3.63, 3.8) is 0 Å². The predicted octanol–water partition coefficient (Wildman–Crippen LogP) is 5.65. The Morgan fingerprint density at radius 3 is 2.25 bits per heavy atom. The number of nitrogens with one attached hydrogen (secondary N) is 1. The van der Waals surface area contributed by atoms with Crippen LogP contribution < -0.4 is 14.8 Å². The lowest BCUT2D eigenvalue weighted by Gasteiger charge is -2.21. The van der Waals surface area contributed by atoms with Gasteiger partial charge in [-0.3, -0.25) is 19.2 Å². The fourth-order valence-corrected chi connectivity index (χ4v) is 6.31. The van der Waals surface area contributed by atoms with E-state index in [9.17, 15) is 39.0 Å². The molecule has 0 heterocycles. The standard InChI is InChI=1S/C40H40N2O11/c1-24-21-29(42-38(47)34-22-32(25(2)43)33(23-35(44)45)37(34)39(48)49)11-8-27(24)17-20-52-36(46)16-7-26-5-12-31(13-6-26)53-40(50)28-9-14-30(15-10-28)51-19-4-3-18-41/h5-16,21,32-34,37H,3-4,17,19-20,22-23H2,1-2H3,(H,42,47)(H,44,45)(H,48,49)/b16-7+. The molecule has 0 aromatic heterocycles. The third-order valence-electron chi connectivity index (χ3n) is 8.99. The number of ketones is 1. The number of nitrogens with zero attached hydrogens (tertiary/aromatic N) is 1. The van der Waals surface area contributed by atoms with Gasteiger partial charge in [-0.1, -0.05) is 18.2 Å². The van der Waals surface area contributed by atoms with Gasteiger partial charge in [-0.15, -0.1) is 0 Å². The van der Waals surface area contributed by atoms with Gasteiger partial charge in [0.25, 0.3) is 0 Å². The summed E-state index contributed by atoms with van der Waals surface area (Å²) >= 11 is 0. The largest absolute Gasteiger partial charge is 0.494 e. The number of hydrogen-bond acceptors (Lipinski definition) is 10. The number of nitriles is 1. The van der Waals surface area contributed by atoms with Crippen molar-refractivity contribution < 1.29 is 53.2 Å². The maximum absolute atomic E-state index is 13.2. The average molecular weight is 725 g/mol. The monoisotopic (exact) mass is 724 g/mol. The first kappa shape index (κ1) is 39.5. The maximum atomic E-state index is 13.2. The molecule has 3 aromatic carbocycles. The summed E-state index contributed by atoms with van der Waals surface area (Å²) < 4.78 is 16.3. The third-order valence-corrected chi connectivity index (χ3v) is 8.99. The van der Waals surface area contributed by atoms with Gasteiger partial charge in [0.15, 0.2) is 0 Å². The van der Waals surface area contributed by atoms with Crippen LogP contribution in [0, 0.1) is 41.9 Å². The molecule has 0 aliphatic heterocycles. The molecular weight excluding hydrogens is 684 g/mol. The number of benzene rings is 3. The van der Waals surface area contributed by atoms with Crippen molar-refractivity contribution >= 4 is 47.3 Å². The number of aliphatic carboxylic acids is 2. The van der Waals surface area contributed by atoms with E-state index in [-0.39, 0.29) is 18.8 Å². The summed E-state index contributed by atoms with van der Waals surface area (Å²) in [7, 11) is 0. The van der Waals surface area contributed by atoms with Crippen LogP contribution in [0.4, 0.5) is 5.69 Å². The van der Waals surface area contributed by atoms with Crippen LogP contribution in [0.5, 0.6) is 11.5 Å². The molecular formula is C40H40N2O11. The van der Waals surface area contributed by atoms with Crippen molar-refractivity contribution in [2.24, 2.45) is 23.7 Å². The first-order valence-corrected chi connectivity index (χ1v) is 17.0. The number of carbonyl (C=O) groups is 6. The molecule has 1 amide bonds. The molecule has 4 unspecified atom stereocenters. The summed E-state index contributed by atoms with van der Waals surface area (Å²) in [5, 5.41) is 30.4. The number of anilines is 1. The molecule has 0 bridgehead atoms. The van der Waals surface area contributed by atoms with E-state index in [1.807, 2.05) is 6.92 Å². The topological polar surface area (TPSA) is 206 Å². The van der Waals surface area contributed by atoms with Crippen LogP contribution in [-0.2, 0) is 35.1 Å². The minimum absolute atomic E-state index is 0.0480. The summed E-state index contributed by atoms with van der Waals surface area (Å²) in [6.45, 7) is 3.57. The van der Waals surface area contributed by atoms with Crippen LogP contribution in [0.2, 0.25) is 0 Å². The molecule has 0 radical (unpaired) electrons. The van der Waals surface area contributed by atoms with Crippen molar-refractivity contribution in [1.82, 2.24) is 0 Å². The van der Waals surface area contributed by atoms with Crippen LogP contribution in [0.25, 0.3) is 6.08 Å². The smallest absolute Gasteiger partial charge is 0.343 e. The summed E-state index contributed by atoms with van der Waals surface area (Å²) in [5.41, 5.74) is 3.06. The number of esters is 2. The first-order chi connectivity index (χ1) is 25.4. The van der Waals surface area contributed by atoms with Gasteiger partial charge in [0.2, 0.25) is 5.91 Å². The Labute approximate surface area is 306 Å². The Hall–Kier alpha value is -6.29. The number of aryl methyl sites for hydroxylation is 1. The van der Waals surface area contributed by atoms with Gasteiger partial charge in [-0.25, -0.2) is 9.59 Å². The molecule has 0 spiro atoms. The molecule has 1 fully saturated rings. The second-order valence-electron chi connectivity index (χ2n) is 12.7. The molecule has 53 heavy (non-hydrogen) atoms. The van der Waals surface area contributed by atoms with E-state index in [0.29, 0.717) is 54.2 Å². The average Bonchev–Trinajstić information content (AvgIpc) is 3.50. The van der Waals surface area contributed by atoms with E-state index >= 15 is 0 Å². The van der Waals surface area contributed by atoms with Gasteiger partial charge >= 0.3 is 23.9 Å². The molecule has 1 aliphatic carbocycles. The molecule has 0 saturated heterocycles. The number of amides is 1. The second kappa shape index (κ2) is 18.8. The van der Waals surface area contributed by atoms with E-state index < -0.39 is 59.9 Å². The van der Waals surface area contributed by atoms with E-state index in [2.05, 4.69) is 11.4 Å². The van der Waals surface area contributed by atoms with Gasteiger partial charge in [0, 0.05) is 36.9 Å². The minimum atomic E-state index is -1.32. The van der Waals surface area contributed by atoms with Crippen LogP contribution >= 0.6 is 0 Å². The molecule has 3 N–H and O–H groups in total. The summed E-state index contributed by atoms with van der Waals surface area (Å²) in [5.74, 6) is -7.90. The Balaban J connectivity index is 1.23. The number of carboxylic acid groups (broad SMARTS) is 2. The lowest BCUT2D eigenvalue weighted by atomic mass is 9.83. The number of unbranched alkanes of at least 4 members (excludes halogenated alkanes) is 1. The Bertz CT molecular complexity index is 1890. The van der Waals surface area contributed by atoms with E-state index in [4.69, 9.17) is 19.5 Å². The second-order valence-corrected chi connectivity index (χ2v) is 12.7. The van der Waals surface area contributed by atoms with Crippen LogP contribution in [-0.4, -0.2) is 59.0 Å².